The number of anilines is 2. The lowest BCUT2D eigenvalue weighted by molar-refractivity contribution is -0.115. The molecule has 4 nitrogen and oxygen atoms in total. The number of aromatic nitrogens is 1. The van der Waals surface area contributed by atoms with Crippen LogP contribution in [0.15, 0.2) is 42.6 Å². The van der Waals surface area contributed by atoms with Crippen molar-refractivity contribution in [1.82, 2.24) is 4.98 Å². The fraction of sp³-hybridized carbons (Fsp3) is 0.333. The Balaban J connectivity index is 1.82. The van der Waals surface area contributed by atoms with Crippen LogP contribution in [0.2, 0.25) is 5.02 Å². The van der Waals surface area contributed by atoms with E-state index in [0.717, 1.165) is 24.3 Å². The summed E-state index contributed by atoms with van der Waals surface area (Å²) >= 11 is 5.83. The first kappa shape index (κ1) is 17.3. The molecule has 5 heteroatoms. The SMILES string of the molecule is CC(C)CCNc1ccc(NC(=O)Cc2ccc(Cl)cc2)cn1. The molecule has 0 saturated heterocycles. The molecule has 0 aliphatic rings. The molecule has 1 amide bonds. The zero-order valence-corrected chi connectivity index (χ0v) is 14.2. The van der Waals surface area contributed by atoms with Gasteiger partial charge in [0.25, 0.3) is 0 Å². The number of nitrogens with one attached hydrogen (secondary N) is 2. The van der Waals surface area contributed by atoms with Gasteiger partial charge in [0.15, 0.2) is 0 Å². The highest BCUT2D eigenvalue weighted by Gasteiger charge is 2.05. The van der Waals surface area contributed by atoms with Gasteiger partial charge in [-0.1, -0.05) is 37.6 Å². The monoisotopic (exact) mass is 331 g/mol. The molecule has 0 atom stereocenters. The maximum atomic E-state index is 12.0. The van der Waals surface area contributed by atoms with Crippen molar-refractivity contribution in [3.63, 3.8) is 0 Å². The largest absolute Gasteiger partial charge is 0.370 e. The Labute approximate surface area is 142 Å². The van der Waals surface area contributed by atoms with E-state index in [1.807, 2.05) is 24.3 Å². The van der Waals surface area contributed by atoms with Gasteiger partial charge in [0, 0.05) is 11.6 Å². The number of benzene rings is 1. The Bertz CT molecular complexity index is 624. The number of carbonyl (C=O) groups is 1. The molecular formula is C18H22ClN3O. The van der Waals surface area contributed by atoms with E-state index in [2.05, 4.69) is 29.5 Å². The van der Waals surface area contributed by atoms with Crippen molar-refractivity contribution >= 4 is 29.0 Å². The predicted octanol–water partition coefficient (Wildman–Crippen LogP) is 4.37. The molecule has 2 N–H and O–H groups in total. The molecule has 1 aromatic heterocycles. The van der Waals surface area contributed by atoms with Crippen LogP contribution < -0.4 is 10.6 Å². The minimum Gasteiger partial charge on any atom is -0.370 e. The lowest BCUT2D eigenvalue weighted by atomic mass is 10.1. The average molecular weight is 332 g/mol. The van der Waals surface area contributed by atoms with E-state index in [4.69, 9.17) is 11.6 Å². The van der Waals surface area contributed by atoms with Gasteiger partial charge in [-0.25, -0.2) is 4.98 Å². The Morgan fingerprint density at radius 3 is 2.52 bits per heavy atom. The summed E-state index contributed by atoms with van der Waals surface area (Å²) in [5.74, 6) is 1.41. The van der Waals surface area contributed by atoms with E-state index in [0.29, 0.717) is 23.0 Å². The van der Waals surface area contributed by atoms with Crippen LogP contribution in [0.5, 0.6) is 0 Å². The van der Waals surface area contributed by atoms with Gasteiger partial charge in [-0.05, 0) is 42.2 Å². The first-order valence-electron chi connectivity index (χ1n) is 7.77. The van der Waals surface area contributed by atoms with Crippen molar-refractivity contribution in [3.8, 4) is 0 Å². The third-order valence-corrected chi connectivity index (χ3v) is 3.60. The minimum absolute atomic E-state index is 0.0744. The van der Waals surface area contributed by atoms with E-state index >= 15 is 0 Å². The van der Waals surface area contributed by atoms with Gasteiger partial charge in [-0.3, -0.25) is 4.79 Å². The van der Waals surface area contributed by atoms with Crippen LogP contribution in [0.25, 0.3) is 0 Å². The zero-order chi connectivity index (χ0) is 16.7. The normalized spacial score (nSPS) is 10.6. The summed E-state index contributed by atoms with van der Waals surface area (Å²) in [4.78, 5) is 16.3. The molecule has 0 radical (unpaired) electrons. The molecule has 1 heterocycles. The standard InChI is InChI=1S/C18H22ClN3O/c1-13(2)9-10-20-17-8-7-16(12-21-17)22-18(23)11-14-3-5-15(19)6-4-14/h3-8,12-13H,9-11H2,1-2H3,(H,20,21)(H,22,23). The van der Waals surface area contributed by atoms with Crippen LogP contribution in [0, 0.1) is 5.92 Å². The molecule has 0 fully saturated rings. The lowest BCUT2D eigenvalue weighted by Gasteiger charge is -2.09. The van der Waals surface area contributed by atoms with Crippen molar-refractivity contribution in [2.45, 2.75) is 26.7 Å². The lowest BCUT2D eigenvalue weighted by Crippen LogP contribution is -2.14. The summed E-state index contributed by atoms with van der Waals surface area (Å²) in [6.07, 6.45) is 3.07. The van der Waals surface area contributed by atoms with Gasteiger partial charge in [-0.15, -0.1) is 0 Å². The summed E-state index contributed by atoms with van der Waals surface area (Å²) in [7, 11) is 0. The second kappa shape index (κ2) is 8.53. The molecule has 0 aliphatic carbocycles. The molecule has 2 rings (SSSR count). The first-order valence-corrected chi connectivity index (χ1v) is 8.15. The second-order valence-corrected chi connectivity index (χ2v) is 6.33. The summed E-state index contributed by atoms with van der Waals surface area (Å²) in [5, 5.41) is 6.78. The molecule has 2 aromatic rings. The third-order valence-electron chi connectivity index (χ3n) is 3.35. The third kappa shape index (κ3) is 6.28. The topological polar surface area (TPSA) is 54.0 Å². The van der Waals surface area contributed by atoms with Crippen LogP contribution >= 0.6 is 11.6 Å². The Kier molecular flexibility index (Phi) is 6.41. The van der Waals surface area contributed by atoms with Crippen molar-refractivity contribution in [2.24, 2.45) is 5.92 Å². The highest BCUT2D eigenvalue weighted by atomic mass is 35.5. The molecule has 122 valence electrons. The van der Waals surface area contributed by atoms with Crippen molar-refractivity contribution in [3.05, 3.63) is 53.2 Å². The Hall–Kier alpha value is -2.07. The fourth-order valence-corrected chi connectivity index (χ4v) is 2.18. The molecule has 1 aromatic carbocycles. The van der Waals surface area contributed by atoms with Gasteiger partial charge in [0.05, 0.1) is 18.3 Å². The molecule has 0 saturated carbocycles. The van der Waals surface area contributed by atoms with Crippen molar-refractivity contribution < 1.29 is 4.79 Å². The first-order chi connectivity index (χ1) is 11.0. The number of carbonyl (C=O) groups excluding carboxylic acids is 1. The van der Waals surface area contributed by atoms with Crippen LogP contribution in [-0.4, -0.2) is 17.4 Å². The van der Waals surface area contributed by atoms with Gasteiger partial charge in [0.2, 0.25) is 5.91 Å². The average Bonchev–Trinajstić information content (AvgIpc) is 2.51. The van der Waals surface area contributed by atoms with Crippen LogP contribution in [0.1, 0.15) is 25.8 Å². The number of amides is 1. The quantitative estimate of drug-likeness (QED) is 0.792. The fourth-order valence-electron chi connectivity index (χ4n) is 2.05. The van der Waals surface area contributed by atoms with Crippen LogP contribution in [-0.2, 0) is 11.2 Å². The van der Waals surface area contributed by atoms with E-state index in [-0.39, 0.29) is 5.91 Å². The Morgan fingerprint density at radius 1 is 1.17 bits per heavy atom. The molecule has 23 heavy (non-hydrogen) atoms. The predicted molar refractivity (Wildman–Crippen MR) is 96.0 cm³/mol. The maximum Gasteiger partial charge on any atom is 0.228 e. The molecule has 0 bridgehead atoms. The van der Waals surface area contributed by atoms with Gasteiger partial charge < -0.3 is 10.6 Å². The molecule has 0 unspecified atom stereocenters. The van der Waals surface area contributed by atoms with Crippen LogP contribution in [0.4, 0.5) is 11.5 Å². The minimum atomic E-state index is -0.0744. The summed E-state index contributed by atoms with van der Waals surface area (Å²) in [6.45, 7) is 5.27. The van der Waals surface area contributed by atoms with Gasteiger partial charge >= 0.3 is 0 Å². The molecule has 0 spiro atoms. The number of nitrogens with zero attached hydrogens (tertiary/aromatic N) is 1. The summed E-state index contributed by atoms with van der Waals surface area (Å²) < 4.78 is 0. The number of hydrogen-bond acceptors (Lipinski definition) is 3. The number of halogens is 1. The van der Waals surface area contributed by atoms with Crippen LogP contribution in [0.3, 0.4) is 0 Å². The summed E-state index contributed by atoms with van der Waals surface area (Å²) in [6, 6.07) is 11.0. The number of pyridine rings is 1. The summed E-state index contributed by atoms with van der Waals surface area (Å²) in [5.41, 5.74) is 1.62. The molecule has 0 aliphatic heterocycles. The van der Waals surface area contributed by atoms with Crippen molar-refractivity contribution in [2.75, 3.05) is 17.2 Å². The van der Waals surface area contributed by atoms with Gasteiger partial charge in [-0.2, -0.15) is 0 Å². The highest BCUT2D eigenvalue weighted by molar-refractivity contribution is 6.30. The smallest absolute Gasteiger partial charge is 0.228 e. The maximum absolute atomic E-state index is 12.0. The van der Waals surface area contributed by atoms with Gasteiger partial charge in [0.1, 0.15) is 5.82 Å². The number of hydrogen-bond donors (Lipinski definition) is 2. The van der Waals surface area contributed by atoms with Crippen molar-refractivity contribution in [1.29, 1.82) is 0 Å². The second-order valence-electron chi connectivity index (χ2n) is 5.89. The van der Waals surface area contributed by atoms with E-state index in [1.165, 1.54) is 0 Å². The highest BCUT2D eigenvalue weighted by Crippen LogP contribution is 2.13. The van der Waals surface area contributed by atoms with E-state index in [9.17, 15) is 4.79 Å². The zero-order valence-electron chi connectivity index (χ0n) is 13.5. The Morgan fingerprint density at radius 2 is 1.91 bits per heavy atom. The molecular weight excluding hydrogens is 310 g/mol. The van der Waals surface area contributed by atoms with E-state index in [1.54, 1.807) is 18.3 Å². The number of rotatable bonds is 7. The van der Waals surface area contributed by atoms with E-state index < -0.39 is 0 Å².